The van der Waals surface area contributed by atoms with Gasteiger partial charge in [0.05, 0.1) is 6.61 Å². The molecule has 116 valence electrons. The Hall–Kier alpha value is -1.39. The number of nitrogens with one attached hydrogen (secondary N) is 1. The first-order valence-electron chi connectivity index (χ1n) is 7.83. The molecule has 0 spiro atoms. The van der Waals surface area contributed by atoms with Crippen LogP contribution in [0.2, 0.25) is 0 Å². The summed E-state index contributed by atoms with van der Waals surface area (Å²) in [5.74, 6) is -0.196. The van der Waals surface area contributed by atoms with Crippen molar-refractivity contribution in [2.24, 2.45) is 0 Å². The Balaban J connectivity index is 2.33. The fourth-order valence-electron chi connectivity index (χ4n) is 2.82. The number of carbonyl (C=O) groups excluding carboxylic acids is 1. The summed E-state index contributed by atoms with van der Waals surface area (Å²) in [6.07, 6.45) is 2.45. The first-order chi connectivity index (χ1) is 10.2. The minimum Gasteiger partial charge on any atom is -0.464 e. The molecule has 1 aromatic carbocycles. The fraction of sp³-hybridized carbons (Fsp3) is 0.588. The van der Waals surface area contributed by atoms with Gasteiger partial charge in [0, 0.05) is 12.6 Å². The van der Waals surface area contributed by atoms with E-state index in [4.69, 9.17) is 4.74 Å². The molecule has 0 bridgehead atoms. The van der Waals surface area contributed by atoms with Crippen molar-refractivity contribution < 1.29 is 9.53 Å². The highest BCUT2D eigenvalue weighted by Gasteiger charge is 2.44. The van der Waals surface area contributed by atoms with Crippen LogP contribution in [0.4, 0.5) is 0 Å². The van der Waals surface area contributed by atoms with Crippen molar-refractivity contribution in [2.45, 2.75) is 38.3 Å². The van der Waals surface area contributed by atoms with E-state index < -0.39 is 5.54 Å². The van der Waals surface area contributed by atoms with Gasteiger partial charge in [-0.1, -0.05) is 37.3 Å². The van der Waals surface area contributed by atoms with Crippen LogP contribution in [0.5, 0.6) is 0 Å². The van der Waals surface area contributed by atoms with Gasteiger partial charge in [-0.25, -0.2) is 4.79 Å². The van der Waals surface area contributed by atoms with Crippen LogP contribution in [0.25, 0.3) is 0 Å². The van der Waals surface area contributed by atoms with E-state index in [1.807, 2.05) is 44.3 Å². The lowest BCUT2D eigenvalue weighted by molar-refractivity contribution is -0.152. The Kier molecular flexibility index (Phi) is 5.37. The number of hydrogen-bond acceptors (Lipinski definition) is 4. The highest BCUT2D eigenvalue weighted by atomic mass is 16.5. The molecule has 1 aromatic rings. The van der Waals surface area contributed by atoms with Crippen LogP contribution < -0.4 is 5.32 Å². The second-order valence-electron chi connectivity index (χ2n) is 5.54. The fourth-order valence-corrected chi connectivity index (χ4v) is 2.82. The third-order valence-corrected chi connectivity index (χ3v) is 4.23. The molecule has 21 heavy (non-hydrogen) atoms. The predicted molar refractivity (Wildman–Crippen MR) is 84.1 cm³/mol. The molecule has 1 saturated carbocycles. The third kappa shape index (κ3) is 3.44. The van der Waals surface area contributed by atoms with Crippen LogP contribution in [0, 0.1) is 0 Å². The van der Waals surface area contributed by atoms with Gasteiger partial charge in [-0.15, -0.1) is 0 Å². The van der Waals surface area contributed by atoms with Gasteiger partial charge in [0.1, 0.15) is 0 Å². The van der Waals surface area contributed by atoms with Crippen molar-refractivity contribution in [2.75, 3.05) is 26.7 Å². The lowest BCUT2D eigenvalue weighted by atomic mass is 9.89. The number of hydrogen-bond donors (Lipinski definition) is 1. The molecule has 1 N–H and O–H groups in total. The maximum Gasteiger partial charge on any atom is 0.332 e. The Morgan fingerprint density at radius 1 is 1.33 bits per heavy atom. The topological polar surface area (TPSA) is 41.6 Å². The van der Waals surface area contributed by atoms with E-state index in [9.17, 15) is 4.79 Å². The quantitative estimate of drug-likeness (QED) is 0.745. The van der Waals surface area contributed by atoms with Gasteiger partial charge in [-0.3, -0.25) is 4.90 Å². The molecule has 1 fully saturated rings. The van der Waals surface area contributed by atoms with Gasteiger partial charge >= 0.3 is 5.97 Å². The lowest BCUT2D eigenvalue weighted by Gasteiger charge is -2.36. The zero-order chi connectivity index (χ0) is 15.3. The van der Waals surface area contributed by atoms with E-state index in [0.29, 0.717) is 19.2 Å². The molecule has 0 amide bonds. The molecule has 1 atom stereocenters. The normalized spacial score (nSPS) is 17.5. The van der Waals surface area contributed by atoms with Crippen molar-refractivity contribution in [1.82, 2.24) is 10.2 Å². The van der Waals surface area contributed by atoms with Gasteiger partial charge in [0.2, 0.25) is 0 Å². The SMILES string of the molecule is CCOC(=O)C(CN(CC)C1CC1)(NC)c1ccccc1. The molecule has 1 unspecified atom stereocenters. The number of rotatable bonds is 8. The van der Waals surface area contributed by atoms with Crippen LogP contribution in [-0.2, 0) is 15.1 Å². The summed E-state index contributed by atoms with van der Waals surface area (Å²) in [4.78, 5) is 15.1. The second-order valence-corrected chi connectivity index (χ2v) is 5.54. The minimum atomic E-state index is -0.796. The Morgan fingerprint density at radius 2 is 2.00 bits per heavy atom. The van der Waals surface area contributed by atoms with E-state index in [-0.39, 0.29) is 5.97 Å². The summed E-state index contributed by atoms with van der Waals surface area (Å²) in [6, 6.07) is 10.5. The molecule has 0 aromatic heterocycles. The van der Waals surface area contributed by atoms with E-state index in [1.54, 1.807) is 0 Å². The average molecular weight is 290 g/mol. The number of nitrogens with zero attached hydrogens (tertiary/aromatic N) is 1. The molecular weight excluding hydrogens is 264 g/mol. The summed E-state index contributed by atoms with van der Waals surface area (Å²) in [5, 5.41) is 3.25. The standard InChI is InChI=1S/C17H26N2O2/c1-4-19(15-11-12-15)13-17(18-3,16(20)21-5-2)14-9-7-6-8-10-14/h6-10,15,18H,4-5,11-13H2,1-3H3. The summed E-state index contributed by atoms with van der Waals surface area (Å²) in [7, 11) is 1.84. The smallest absolute Gasteiger partial charge is 0.332 e. The third-order valence-electron chi connectivity index (χ3n) is 4.23. The van der Waals surface area contributed by atoms with Crippen molar-refractivity contribution >= 4 is 5.97 Å². The predicted octanol–water partition coefficient (Wildman–Crippen LogP) is 2.15. The zero-order valence-electron chi connectivity index (χ0n) is 13.3. The van der Waals surface area contributed by atoms with Crippen LogP contribution in [0.15, 0.2) is 30.3 Å². The largest absolute Gasteiger partial charge is 0.464 e. The number of esters is 1. The van der Waals surface area contributed by atoms with Gasteiger partial charge in [0.15, 0.2) is 5.54 Å². The number of carbonyl (C=O) groups is 1. The lowest BCUT2D eigenvalue weighted by Crippen LogP contribution is -2.56. The van der Waals surface area contributed by atoms with E-state index in [1.165, 1.54) is 12.8 Å². The summed E-state index contributed by atoms with van der Waals surface area (Å²) >= 11 is 0. The van der Waals surface area contributed by atoms with Crippen LogP contribution in [0.1, 0.15) is 32.3 Å². The second kappa shape index (κ2) is 7.05. The molecule has 4 nitrogen and oxygen atoms in total. The van der Waals surface area contributed by atoms with Crippen molar-refractivity contribution in [1.29, 1.82) is 0 Å². The first kappa shape index (κ1) is 16.0. The van der Waals surface area contributed by atoms with Crippen LogP contribution in [-0.4, -0.2) is 43.7 Å². The molecular formula is C17H26N2O2. The Bertz CT molecular complexity index is 459. The van der Waals surface area contributed by atoms with Gasteiger partial charge in [-0.05, 0) is 38.9 Å². The highest BCUT2D eigenvalue weighted by molar-refractivity contribution is 5.83. The van der Waals surface area contributed by atoms with Crippen molar-refractivity contribution in [3.8, 4) is 0 Å². The number of ether oxygens (including phenoxy) is 1. The molecule has 1 aliphatic rings. The summed E-state index contributed by atoms with van der Waals surface area (Å²) in [5.41, 5.74) is 0.167. The Morgan fingerprint density at radius 3 is 2.48 bits per heavy atom. The molecule has 1 aliphatic carbocycles. The molecule has 2 rings (SSSR count). The molecule has 0 saturated heterocycles. The zero-order valence-corrected chi connectivity index (χ0v) is 13.3. The van der Waals surface area contributed by atoms with E-state index >= 15 is 0 Å². The van der Waals surface area contributed by atoms with Gasteiger partial charge in [-0.2, -0.15) is 0 Å². The average Bonchev–Trinajstić information content (AvgIpc) is 3.35. The molecule has 4 heteroatoms. The maximum absolute atomic E-state index is 12.7. The molecule has 0 radical (unpaired) electrons. The van der Waals surface area contributed by atoms with E-state index in [0.717, 1.165) is 12.1 Å². The van der Waals surface area contributed by atoms with Crippen LogP contribution in [0.3, 0.4) is 0 Å². The molecule has 0 aliphatic heterocycles. The van der Waals surface area contributed by atoms with Crippen LogP contribution >= 0.6 is 0 Å². The maximum atomic E-state index is 12.7. The van der Waals surface area contributed by atoms with E-state index in [2.05, 4.69) is 17.1 Å². The first-order valence-corrected chi connectivity index (χ1v) is 7.83. The summed E-state index contributed by atoms with van der Waals surface area (Å²) in [6.45, 7) is 5.98. The number of benzene rings is 1. The Labute approximate surface area is 127 Å². The summed E-state index contributed by atoms with van der Waals surface area (Å²) < 4.78 is 5.37. The minimum absolute atomic E-state index is 0.196. The van der Waals surface area contributed by atoms with Gasteiger partial charge < -0.3 is 10.1 Å². The number of likely N-dealkylation sites (N-methyl/N-ethyl adjacent to an activating group) is 2. The van der Waals surface area contributed by atoms with Crippen molar-refractivity contribution in [3.63, 3.8) is 0 Å². The monoisotopic (exact) mass is 290 g/mol. The molecule has 0 heterocycles. The van der Waals surface area contributed by atoms with Crippen molar-refractivity contribution in [3.05, 3.63) is 35.9 Å². The highest BCUT2D eigenvalue weighted by Crippen LogP contribution is 2.31. The van der Waals surface area contributed by atoms with Gasteiger partial charge in [0.25, 0.3) is 0 Å².